The molecule has 0 atom stereocenters. The van der Waals surface area contributed by atoms with E-state index in [9.17, 15) is 9.59 Å². The Kier molecular flexibility index (Phi) is 4.81. The third kappa shape index (κ3) is 3.67. The largest absolute Gasteiger partial charge is 0.478 e. The van der Waals surface area contributed by atoms with Crippen molar-refractivity contribution in [1.82, 2.24) is 0 Å². The molecule has 1 N–H and O–H groups in total. The molecule has 0 aliphatic rings. The number of carboxylic acid groups (broad SMARTS) is 1. The van der Waals surface area contributed by atoms with E-state index in [0.29, 0.717) is 0 Å². The van der Waals surface area contributed by atoms with Crippen molar-refractivity contribution in [2.24, 2.45) is 5.92 Å². The molecule has 0 saturated heterocycles. The molecule has 0 rings (SSSR count). The van der Waals surface area contributed by atoms with Crippen LogP contribution in [0.5, 0.6) is 0 Å². The summed E-state index contributed by atoms with van der Waals surface area (Å²) < 4.78 is 0. The molecule has 0 amide bonds. The summed E-state index contributed by atoms with van der Waals surface area (Å²) >= 11 is 2.92. The number of alkyl halides is 1. The van der Waals surface area contributed by atoms with E-state index in [1.807, 2.05) is 13.8 Å². The van der Waals surface area contributed by atoms with Gasteiger partial charge in [-0.15, -0.1) is 0 Å². The SMILES string of the molecule is CC(C)/C=C(\C(=O)O)C(=O)CBr. The van der Waals surface area contributed by atoms with E-state index in [1.165, 1.54) is 6.08 Å². The number of carbonyl (C=O) groups excluding carboxylic acids is 1. The summed E-state index contributed by atoms with van der Waals surface area (Å²) in [6.45, 7) is 3.65. The standard InChI is InChI=1S/C8H11BrO3/c1-5(2)3-6(8(11)12)7(10)4-9/h3,5H,4H2,1-2H3,(H,11,12)/b6-3-. The van der Waals surface area contributed by atoms with Gasteiger partial charge in [-0.25, -0.2) is 4.79 Å². The second-order valence-corrected chi connectivity index (χ2v) is 3.25. The molecule has 0 aromatic heterocycles. The maximum atomic E-state index is 11.0. The van der Waals surface area contributed by atoms with Crippen LogP contribution in [0.2, 0.25) is 0 Å². The zero-order valence-corrected chi connectivity index (χ0v) is 8.59. The predicted octanol–water partition coefficient (Wildman–Crippen LogP) is 1.62. The van der Waals surface area contributed by atoms with Crippen LogP contribution in [0.3, 0.4) is 0 Å². The number of hydrogen-bond donors (Lipinski definition) is 1. The molecule has 0 aliphatic carbocycles. The Morgan fingerprint density at radius 3 is 2.25 bits per heavy atom. The van der Waals surface area contributed by atoms with E-state index in [-0.39, 0.29) is 16.8 Å². The first-order valence-corrected chi connectivity index (χ1v) is 4.65. The Hall–Kier alpha value is -0.640. The molecule has 0 unspecified atom stereocenters. The van der Waals surface area contributed by atoms with Crippen LogP contribution in [0, 0.1) is 5.92 Å². The molecule has 0 saturated carbocycles. The highest BCUT2D eigenvalue weighted by Gasteiger charge is 2.15. The Labute approximate surface area is 79.6 Å². The van der Waals surface area contributed by atoms with Crippen molar-refractivity contribution in [3.63, 3.8) is 0 Å². The van der Waals surface area contributed by atoms with Gasteiger partial charge in [0.05, 0.1) is 10.9 Å². The molecule has 0 aliphatic heterocycles. The summed E-state index contributed by atoms with van der Waals surface area (Å²) in [4.78, 5) is 21.5. The first kappa shape index (κ1) is 11.4. The third-order valence-corrected chi connectivity index (χ3v) is 1.66. The van der Waals surface area contributed by atoms with Crippen molar-refractivity contribution in [3.05, 3.63) is 11.6 Å². The first-order valence-electron chi connectivity index (χ1n) is 3.53. The zero-order chi connectivity index (χ0) is 9.72. The third-order valence-electron chi connectivity index (χ3n) is 1.15. The van der Waals surface area contributed by atoms with Crippen LogP contribution in [-0.4, -0.2) is 22.2 Å². The number of Topliss-reactive ketones (excluding diaryl/α,β-unsaturated/α-hetero) is 1. The number of carboxylic acids is 1. The van der Waals surface area contributed by atoms with Gasteiger partial charge in [-0.1, -0.05) is 35.9 Å². The topological polar surface area (TPSA) is 54.4 Å². The maximum Gasteiger partial charge on any atom is 0.339 e. The number of rotatable bonds is 4. The average Bonchev–Trinajstić information content (AvgIpc) is 1.98. The van der Waals surface area contributed by atoms with E-state index in [4.69, 9.17) is 5.11 Å². The lowest BCUT2D eigenvalue weighted by Crippen LogP contribution is -2.14. The van der Waals surface area contributed by atoms with Gasteiger partial charge in [-0.2, -0.15) is 0 Å². The van der Waals surface area contributed by atoms with Gasteiger partial charge in [0.1, 0.15) is 0 Å². The second-order valence-electron chi connectivity index (χ2n) is 2.69. The van der Waals surface area contributed by atoms with Gasteiger partial charge in [0.2, 0.25) is 0 Å². The van der Waals surface area contributed by atoms with Crippen molar-refractivity contribution in [2.75, 3.05) is 5.33 Å². The molecule has 0 aromatic rings. The summed E-state index contributed by atoms with van der Waals surface area (Å²) in [6, 6.07) is 0. The van der Waals surface area contributed by atoms with E-state index in [0.717, 1.165) is 0 Å². The molecule has 0 radical (unpaired) electrons. The quantitative estimate of drug-likeness (QED) is 0.348. The fourth-order valence-electron chi connectivity index (χ4n) is 0.689. The Morgan fingerprint density at radius 1 is 1.50 bits per heavy atom. The fourth-order valence-corrected chi connectivity index (χ4v) is 0.991. The highest BCUT2D eigenvalue weighted by molar-refractivity contribution is 9.09. The molecule has 0 fully saturated rings. The van der Waals surface area contributed by atoms with Gasteiger partial charge >= 0.3 is 5.97 Å². The lowest BCUT2D eigenvalue weighted by Gasteiger charge is -2.00. The lowest BCUT2D eigenvalue weighted by molar-refractivity contribution is -0.134. The van der Waals surface area contributed by atoms with Gasteiger partial charge in [0.25, 0.3) is 0 Å². The van der Waals surface area contributed by atoms with Gasteiger partial charge in [-0.05, 0) is 5.92 Å². The summed E-state index contributed by atoms with van der Waals surface area (Å²) in [5, 5.41) is 8.67. The van der Waals surface area contributed by atoms with Gasteiger partial charge < -0.3 is 5.11 Å². The van der Waals surface area contributed by atoms with Crippen LogP contribution in [-0.2, 0) is 9.59 Å². The van der Waals surface area contributed by atoms with Gasteiger partial charge in [0.15, 0.2) is 5.78 Å². The smallest absolute Gasteiger partial charge is 0.339 e. The van der Waals surface area contributed by atoms with Crippen LogP contribution in [0.25, 0.3) is 0 Å². The zero-order valence-electron chi connectivity index (χ0n) is 7.00. The Balaban J connectivity index is 4.67. The van der Waals surface area contributed by atoms with Crippen LogP contribution in [0.4, 0.5) is 0 Å². The minimum Gasteiger partial charge on any atom is -0.478 e. The molecule has 0 heterocycles. The first-order chi connectivity index (χ1) is 5.49. The minimum absolute atomic E-state index is 0.0534. The molecular weight excluding hydrogens is 224 g/mol. The number of carbonyl (C=O) groups is 2. The Morgan fingerprint density at radius 2 is 2.00 bits per heavy atom. The van der Waals surface area contributed by atoms with Crippen LogP contribution in [0.1, 0.15) is 13.8 Å². The van der Waals surface area contributed by atoms with E-state index < -0.39 is 11.8 Å². The number of aliphatic carboxylic acids is 1. The van der Waals surface area contributed by atoms with Crippen molar-refractivity contribution in [2.45, 2.75) is 13.8 Å². The summed E-state index contributed by atoms with van der Waals surface area (Å²) in [5.74, 6) is -1.48. The van der Waals surface area contributed by atoms with Gasteiger partial charge in [0, 0.05) is 0 Å². The molecule has 3 nitrogen and oxygen atoms in total. The van der Waals surface area contributed by atoms with Crippen molar-refractivity contribution < 1.29 is 14.7 Å². The predicted molar refractivity (Wildman–Crippen MR) is 49.4 cm³/mol. The van der Waals surface area contributed by atoms with E-state index in [2.05, 4.69) is 15.9 Å². The van der Waals surface area contributed by atoms with Crippen molar-refractivity contribution in [1.29, 1.82) is 0 Å². The normalized spacial score (nSPS) is 11.8. The number of ketones is 1. The molecule has 12 heavy (non-hydrogen) atoms. The molecule has 0 spiro atoms. The number of allylic oxidation sites excluding steroid dienone is 1. The van der Waals surface area contributed by atoms with Gasteiger partial charge in [-0.3, -0.25) is 4.79 Å². The molecule has 0 aromatic carbocycles. The number of halogens is 1. The molecule has 0 bridgehead atoms. The van der Waals surface area contributed by atoms with Crippen LogP contribution >= 0.6 is 15.9 Å². The van der Waals surface area contributed by atoms with Crippen molar-refractivity contribution in [3.8, 4) is 0 Å². The molecular formula is C8H11BrO3. The summed E-state index contributed by atoms with van der Waals surface area (Å²) in [6.07, 6.45) is 1.45. The monoisotopic (exact) mass is 234 g/mol. The fraction of sp³-hybridized carbons (Fsp3) is 0.500. The number of hydrogen-bond acceptors (Lipinski definition) is 2. The van der Waals surface area contributed by atoms with Crippen LogP contribution < -0.4 is 0 Å². The van der Waals surface area contributed by atoms with E-state index in [1.54, 1.807) is 0 Å². The molecule has 4 heteroatoms. The summed E-state index contributed by atoms with van der Waals surface area (Å²) in [5.41, 5.74) is -0.137. The maximum absolute atomic E-state index is 11.0. The highest BCUT2D eigenvalue weighted by atomic mass is 79.9. The van der Waals surface area contributed by atoms with Crippen LogP contribution in [0.15, 0.2) is 11.6 Å². The van der Waals surface area contributed by atoms with Crippen molar-refractivity contribution >= 4 is 27.7 Å². The Bertz CT molecular complexity index is 218. The molecule has 68 valence electrons. The summed E-state index contributed by atoms with van der Waals surface area (Å²) in [7, 11) is 0. The average molecular weight is 235 g/mol. The second kappa shape index (κ2) is 5.09. The lowest BCUT2D eigenvalue weighted by atomic mass is 10.1. The van der Waals surface area contributed by atoms with E-state index >= 15 is 0 Å². The minimum atomic E-state index is -1.16. The highest BCUT2D eigenvalue weighted by Crippen LogP contribution is 2.05.